The summed E-state index contributed by atoms with van der Waals surface area (Å²) in [5, 5.41) is 6.49. The van der Waals surface area contributed by atoms with E-state index < -0.39 is 0 Å². The molecule has 0 saturated heterocycles. The molecular weight excluding hydrogens is 211 g/mol. The second-order valence-corrected chi connectivity index (χ2v) is 3.81. The Morgan fingerprint density at radius 2 is 2.13 bits per heavy atom. The molecule has 0 fully saturated rings. The van der Waals surface area contributed by atoms with Gasteiger partial charge in [0.15, 0.2) is 5.11 Å². The Bertz CT molecular complexity index is 332. The summed E-state index contributed by atoms with van der Waals surface area (Å²) >= 11 is 5.04. The predicted octanol–water partition coefficient (Wildman–Crippen LogP) is 2.83. The minimum Gasteiger partial charge on any atom is -0.362 e. The van der Waals surface area contributed by atoms with Gasteiger partial charge in [0.25, 0.3) is 0 Å². The second kappa shape index (κ2) is 5.66. The van der Waals surface area contributed by atoms with Crippen LogP contribution in [0.5, 0.6) is 0 Å². The van der Waals surface area contributed by atoms with Crippen molar-refractivity contribution >= 4 is 23.0 Å². The molecule has 4 heteroatoms. The van der Waals surface area contributed by atoms with Gasteiger partial charge >= 0.3 is 0 Å². The zero-order valence-corrected chi connectivity index (χ0v) is 9.75. The normalized spacial score (nSPS) is 9.80. The SMILES string of the molecule is CCCNC(=S)Nc1cc(C)cc(F)c1. The van der Waals surface area contributed by atoms with Crippen molar-refractivity contribution in [2.75, 3.05) is 11.9 Å². The van der Waals surface area contributed by atoms with E-state index in [0.29, 0.717) is 10.8 Å². The number of anilines is 1. The summed E-state index contributed by atoms with van der Waals surface area (Å²) in [4.78, 5) is 0. The quantitative estimate of drug-likeness (QED) is 0.775. The van der Waals surface area contributed by atoms with Crippen LogP contribution >= 0.6 is 12.2 Å². The van der Waals surface area contributed by atoms with E-state index in [-0.39, 0.29) is 5.82 Å². The molecule has 15 heavy (non-hydrogen) atoms. The van der Waals surface area contributed by atoms with Crippen molar-refractivity contribution in [1.82, 2.24) is 5.32 Å². The summed E-state index contributed by atoms with van der Waals surface area (Å²) in [6, 6.07) is 4.75. The Balaban J connectivity index is 2.60. The molecule has 0 radical (unpaired) electrons. The number of hydrogen-bond acceptors (Lipinski definition) is 1. The lowest BCUT2D eigenvalue weighted by molar-refractivity contribution is 0.627. The standard InChI is InChI=1S/C11H15FN2S/c1-3-4-13-11(15)14-10-6-8(2)5-9(12)7-10/h5-7H,3-4H2,1-2H3,(H2,13,14,15). The van der Waals surface area contributed by atoms with Gasteiger partial charge in [0.05, 0.1) is 0 Å². The lowest BCUT2D eigenvalue weighted by Gasteiger charge is -2.10. The van der Waals surface area contributed by atoms with Crippen molar-refractivity contribution in [3.8, 4) is 0 Å². The first kappa shape index (κ1) is 11.9. The third kappa shape index (κ3) is 4.25. The maximum absolute atomic E-state index is 13.0. The highest BCUT2D eigenvalue weighted by atomic mass is 32.1. The first-order valence-corrected chi connectivity index (χ1v) is 5.34. The van der Waals surface area contributed by atoms with Gasteiger partial charge in [-0.2, -0.15) is 0 Å². The number of hydrogen-bond donors (Lipinski definition) is 2. The lowest BCUT2D eigenvalue weighted by atomic mass is 10.2. The monoisotopic (exact) mass is 226 g/mol. The van der Waals surface area contributed by atoms with Crippen LogP contribution < -0.4 is 10.6 Å². The highest BCUT2D eigenvalue weighted by Gasteiger charge is 1.99. The van der Waals surface area contributed by atoms with Crippen LogP contribution in [-0.2, 0) is 0 Å². The number of nitrogens with one attached hydrogen (secondary N) is 2. The Labute approximate surface area is 94.9 Å². The van der Waals surface area contributed by atoms with Gasteiger partial charge in [0.2, 0.25) is 0 Å². The van der Waals surface area contributed by atoms with E-state index in [1.54, 1.807) is 0 Å². The molecule has 0 aliphatic carbocycles. The van der Waals surface area contributed by atoms with E-state index in [0.717, 1.165) is 18.5 Å². The highest BCUT2D eigenvalue weighted by Crippen LogP contribution is 2.12. The van der Waals surface area contributed by atoms with Gasteiger partial charge in [0, 0.05) is 12.2 Å². The first-order chi connectivity index (χ1) is 7.11. The Morgan fingerprint density at radius 1 is 1.40 bits per heavy atom. The van der Waals surface area contributed by atoms with E-state index in [4.69, 9.17) is 12.2 Å². The van der Waals surface area contributed by atoms with Gasteiger partial charge < -0.3 is 10.6 Å². The molecule has 1 rings (SSSR count). The smallest absolute Gasteiger partial charge is 0.170 e. The molecule has 0 heterocycles. The van der Waals surface area contributed by atoms with E-state index in [1.807, 2.05) is 13.0 Å². The van der Waals surface area contributed by atoms with Crippen LogP contribution in [0.2, 0.25) is 0 Å². The van der Waals surface area contributed by atoms with Crippen LogP contribution in [0.25, 0.3) is 0 Å². The first-order valence-electron chi connectivity index (χ1n) is 4.94. The van der Waals surface area contributed by atoms with E-state index >= 15 is 0 Å². The van der Waals surface area contributed by atoms with E-state index in [2.05, 4.69) is 17.6 Å². The third-order valence-corrected chi connectivity index (χ3v) is 2.08. The van der Waals surface area contributed by atoms with Crippen LogP contribution in [0.3, 0.4) is 0 Å². The summed E-state index contributed by atoms with van der Waals surface area (Å²) in [5.41, 5.74) is 1.55. The molecule has 1 aromatic rings. The van der Waals surface area contributed by atoms with Gasteiger partial charge in [-0.1, -0.05) is 6.92 Å². The number of rotatable bonds is 3. The molecule has 0 amide bonds. The highest BCUT2D eigenvalue weighted by molar-refractivity contribution is 7.80. The molecule has 0 atom stereocenters. The molecule has 0 saturated carbocycles. The van der Waals surface area contributed by atoms with Crippen LogP contribution in [0.4, 0.5) is 10.1 Å². The zero-order chi connectivity index (χ0) is 11.3. The van der Waals surface area contributed by atoms with Crippen molar-refractivity contribution in [3.05, 3.63) is 29.6 Å². The number of halogens is 1. The van der Waals surface area contributed by atoms with E-state index in [1.165, 1.54) is 12.1 Å². The van der Waals surface area contributed by atoms with Gasteiger partial charge in [-0.15, -0.1) is 0 Å². The van der Waals surface area contributed by atoms with Crippen LogP contribution in [0, 0.1) is 12.7 Å². The Kier molecular flexibility index (Phi) is 4.49. The van der Waals surface area contributed by atoms with Crippen molar-refractivity contribution in [3.63, 3.8) is 0 Å². The second-order valence-electron chi connectivity index (χ2n) is 3.40. The van der Waals surface area contributed by atoms with Crippen molar-refractivity contribution in [1.29, 1.82) is 0 Å². The fourth-order valence-corrected chi connectivity index (χ4v) is 1.44. The Hall–Kier alpha value is -1.16. The summed E-state index contributed by atoms with van der Waals surface area (Å²) < 4.78 is 13.0. The fraction of sp³-hybridized carbons (Fsp3) is 0.364. The summed E-state index contributed by atoms with van der Waals surface area (Å²) in [5.74, 6) is -0.254. The van der Waals surface area contributed by atoms with Crippen LogP contribution in [0.1, 0.15) is 18.9 Å². The molecule has 0 spiro atoms. The minimum atomic E-state index is -0.254. The molecule has 0 aliphatic heterocycles. The molecule has 82 valence electrons. The average Bonchev–Trinajstić information content (AvgIpc) is 2.13. The van der Waals surface area contributed by atoms with E-state index in [9.17, 15) is 4.39 Å². The van der Waals surface area contributed by atoms with Crippen molar-refractivity contribution in [2.24, 2.45) is 0 Å². The fourth-order valence-electron chi connectivity index (χ4n) is 1.22. The molecule has 2 nitrogen and oxygen atoms in total. The van der Waals surface area contributed by atoms with Crippen LogP contribution in [-0.4, -0.2) is 11.7 Å². The summed E-state index contributed by atoms with van der Waals surface area (Å²) in [6.07, 6.45) is 1.00. The molecule has 1 aromatic carbocycles. The van der Waals surface area contributed by atoms with Gasteiger partial charge in [0.1, 0.15) is 5.82 Å². The van der Waals surface area contributed by atoms with Crippen LogP contribution in [0.15, 0.2) is 18.2 Å². The minimum absolute atomic E-state index is 0.254. The van der Waals surface area contributed by atoms with Crippen molar-refractivity contribution < 1.29 is 4.39 Å². The number of aryl methyl sites for hydroxylation is 1. The third-order valence-electron chi connectivity index (χ3n) is 1.84. The molecule has 2 N–H and O–H groups in total. The van der Waals surface area contributed by atoms with Crippen molar-refractivity contribution in [2.45, 2.75) is 20.3 Å². The average molecular weight is 226 g/mol. The Morgan fingerprint density at radius 3 is 2.73 bits per heavy atom. The summed E-state index contributed by atoms with van der Waals surface area (Å²) in [7, 11) is 0. The zero-order valence-electron chi connectivity index (χ0n) is 8.93. The maximum Gasteiger partial charge on any atom is 0.170 e. The topological polar surface area (TPSA) is 24.1 Å². The lowest BCUT2D eigenvalue weighted by Crippen LogP contribution is -2.28. The molecule has 0 aliphatic rings. The molecule has 0 unspecified atom stereocenters. The molecule has 0 bridgehead atoms. The van der Waals surface area contributed by atoms with Gasteiger partial charge in [-0.05, 0) is 49.3 Å². The van der Waals surface area contributed by atoms with Gasteiger partial charge in [-0.3, -0.25) is 0 Å². The predicted molar refractivity (Wildman–Crippen MR) is 65.7 cm³/mol. The number of benzene rings is 1. The largest absolute Gasteiger partial charge is 0.362 e. The number of thiocarbonyl (C=S) groups is 1. The summed E-state index contributed by atoms with van der Waals surface area (Å²) in [6.45, 7) is 4.72. The molecule has 0 aromatic heterocycles. The molecular formula is C11H15FN2S. The maximum atomic E-state index is 13.0. The van der Waals surface area contributed by atoms with Gasteiger partial charge in [-0.25, -0.2) is 4.39 Å².